The van der Waals surface area contributed by atoms with Gasteiger partial charge in [-0.15, -0.1) is 0 Å². The number of benzene rings is 2. The zero-order valence-corrected chi connectivity index (χ0v) is 15.9. The third kappa shape index (κ3) is 4.34. The van der Waals surface area contributed by atoms with Crippen molar-refractivity contribution < 1.29 is 28.6 Å². The Morgan fingerprint density at radius 1 is 1.11 bits per heavy atom. The standard InChI is InChI=1S/C22H23FO5/c1-13-14(2)20(5-3-15(13)4-6-21(25)26)27-12-17-10-18(23)9-16-11-19(7-8-24)28-22(16)17/h3,5,9-11,24H,4,6-8,12H2,1-2H3,(H,25,26). The summed E-state index contributed by atoms with van der Waals surface area (Å²) in [6.07, 6.45) is 0.913. The first-order valence-corrected chi connectivity index (χ1v) is 9.14. The molecule has 0 aliphatic carbocycles. The first kappa shape index (κ1) is 19.9. The summed E-state index contributed by atoms with van der Waals surface area (Å²) in [5.74, 6) is 0.0566. The van der Waals surface area contributed by atoms with Gasteiger partial charge in [0.2, 0.25) is 0 Å². The van der Waals surface area contributed by atoms with Gasteiger partial charge in [-0.1, -0.05) is 6.07 Å². The average Bonchev–Trinajstić information content (AvgIpc) is 3.04. The van der Waals surface area contributed by atoms with Gasteiger partial charge in [-0.25, -0.2) is 4.39 Å². The van der Waals surface area contributed by atoms with Crippen molar-refractivity contribution in [1.29, 1.82) is 0 Å². The van der Waals surface area contributed by atoms with E-state index >= 15 is 0 Å². The Hall–Kier alpha value is -2.86. The number of rotatable bonds is 8. The summed E-state index contributed by atoms with van der Waals surface area (Å²) in [5, 5.41) is 18.6. The van der Waals surface area contributed by atoms with Gasteiger partial charge in [0.05, 0.1) is 6.61 Å². The van der Waals surface area contributed by atoms with Crippen LogP contribution in [0.1, 0.15) is 34.4 Å². The SMILES string of the molecule is Cc1c(CCC(=O)O)ccc(OCc2cc(F)cc3cc(CCO)oc23)c1C. The second-order valence-electron chi connectivity index (χ2n) is 6.82. The fourth-order valence-electron chi connectivity index (χ4n) is 3.26. The molecule has 3 rings (SSSR count). The van der Waals surface area contributed by atoms with Crippen molar-refractivity contribution >= 4 is 16.9 Å². The average molecular weight is 386 g/mol. The van der Waals surface area contributed by atoms with E-state index in [0.717, 1.165) is 16.7 Å². The maximum Gasteiger partial charge on any atom is 0.303 e. The first-order valence-electron chi connectivity index (χ1n) is 9.14. The quantitative estimate of drug-likeness (QED) is 0.603. The minimum absolute atomic E-state index is 0.0408. The molecule has 0 unspecified atom stereocenters. The Morgan fingerprint density at radius 2 is 1.89 bits per heavy atom. The van der Waals surface area contributed by atoms with Gasteiger partial charge in [0, 0.05) is 23.8 Å². The van der Waals surface area contributed by atoms with E-state index in [1.165, 1.54) is 12.1 Å². The lowest BCUT2D eigenvalue weighted by Crippen LogP contribution is -2.03. The number of aliphatic carboxylic acids is 1. The molecular weight excluding hydrogens is 363 g/mol. The van der Waals surface area contributed by atoms with Crippen LogP contribution in [0.3, 0.4) is 0 Å². The van der Waals surface area contributed by atoms with Crippen molar-refractivity contribution in [2.45, 2.75) is 39.7 Å². The van der Waals surface area contributed by atoms with Crippen molar-refractivity contribution in [3.05, 3.63) is 64.2 Å². The lowest BCUT2D eigenvalue weighted by molar-refractivity contribution is -0.136. The van der Waals surface area contributed by atoms with Crippen LogP contribution in [0, 0.1) is 19.7 Å². The molecule has 2 N–H and O–H groups in total. The lowest BCUT2D eigenvalue weighted by atomic mass is 9.99. The summed E-state index contributed by atoms with van der Waals surface area (Å²) >= 11 is 0. The molecule has 0 spiro atoms. The number of carbonyl (C=O) groups is 1. The highest BCUT2D eigenvalue weighted by Gasteiger charge is 2.13. The van der Waals surface area contributed by atoms with Crippen molar-refractivity contribution in [3.8, 4) is 5.75 Å². The van der Waals surface area contributed by atoms with E-state index in [1.54, 1.807) is 6.07 Å². The third-order valence-corrected chi connectivity index (χ3v) is 4.91. The fraction of sp³-hybridized carbons (Fsp3) is 0.318. The predicted octanol–water partition coefficient (Wildman–Crippen LogP) is 4.32. The second-order valence-corrected chi connectivity index (χ2v) is 6.82. The topological polar surface area (TPSA) is 79.9 Å². The number of aryl methyl sites for hydroxylation is 1. The van der Waals surface area contributed by atoms with E-state index in [9.17, 15) is 9.18 Å². The van der Waals surface area contributed by atoms with E-state index in [1.807, 2.05) is 26.0 Å². The highest BCUT2D eigenvalue weighted by atomic mass is 19.1. The van der Waals surface area contributed by atoms with Gasteiger partial charge >= 0.3 is 5.97 Å². The maximum absolute atomic E-state index is 14.0. The molecule has 0 amide bonds. The van der Waals surface area contributed by atoms with E-state index in [-0.39, 0.29) is 25.5 Å². The van der Waals surface area contributed by atoms with Crippen LogP contribution in [0.25, 0.3) is 11.0 Å². The minimum atomic E-state index is -0.827. The molecule has 2 aromatic carbocycles. The van der Waals surface area contributed by atoms with Gasteiger partial charge in [0.1, 0.15) is 29.5 Å². The number of aliphatic hydroxyl groups excluding tert-OH is 1. The van der Waals surface area contributed by atoms with Crippen LogP contribution in [-0.4, -0.2) is 22.8 Å². The molecule has 0 saturated carbocycles. The van der Waals surface area contributed by atoms with E-state index < -0.39 is 5.97 Å². The number of carboxylic acids is 1. The van der Waals surface area contributed by atoms with Crippen LogP contribution in [0.5, 0.6) is 5.75 Å². The molecule has 1 heterocycles. The normalized spacial score (nSPS) is 11.1. The van der Waals surface area contributed by atoms with Gasteiger partial charge < -0.3 is 19.4 Å². The highest BCUT2D eigenvalue weighted by molar-refractivity contribution is 5.81. The Balaban J connectivity index is 1.82. The second kappa shape index (κ2) is 8.44. The fourth-order valence-corrected chi connectivity index (χ4v) is 3.26. The van der Waals surface area contributed by atoms with Gasteiger partial charge in [0.25, 0.3) is 0 Å². The Labute approximate surface area is 162 Å². The summed E-state index contributed by atoms with van der Waals surface area (Å²) in [6, 6.07) is 8.20. The van der Waals surface area contributed by atoms with Crippen molar-refractivity contribution in [1.82, 2.24) is 0 Å². The number of fused-ring (bicyclic) bond motifs is 1. The van der Waals surface area contributed by atoms with Crippen LogP contribution in [-0.2, 0) is 24.2 Å². The van der Waals surface area contributed by atoms with Crippen LogP contribution in [0.2, 0.25) is 0 Å². The van der Waals surface area contributed by atoms with Crippen LogP contribution < -0.4 is 4.74 Å². The summed E-state index contributed by atoms with van der Waals surface area (Å²) in [4.78, 5) is 10.8. The zero-order chi connectivity index (χ0) is 20.3. The zero-order valence-electron chi connectivity index (χ0n) is 15.9. The Kier molecular flexibility index (Phi) is 5.99. The van der Waals surface area contributed by atoms with Gasteiger partial charge in [-0.3, -0.25) is 4.79 Å². The molecule has 3 aromatic rings. The molecule has 0 saturated heterocycles. The largest absolute Gasteiger partial charge is 0.488 e. The lowest BCUT2D eigenvalue weighted by Gasteiger charge is -2.14. The molecule has 5 nitrogen and oxygen atoms in total. The third-order valence-electron chi connectivity index (χ3n) is 4.91. The molecule has 0 aliphatic heterocycles. The monoisotopic (exact) mass is 386 g/mol. The number of furan rings is 1. The van der Waals surface area contributed by atoms with Gasteiger partial charge in [-0.2, -0.15) is 0 Å². The van der Waals surface area contributed by atoms with Crippen molar-refractivity contribution in [3.63, 3.8) is 0 Å². The van der Waals surface area contributed by atoms with Gasteiger partial charge in [0.15, 0.2) is 0 Å². The smallest absolute Gasteiger partial charge is 0.303 e. The summed E-state index contributed by atoms with van der Waals surface area (Å²) in [6.45, 7) is 3.95. The number of carboxylic acid groups (broad SMARTS) is 1. The highest BCUT2D eigenvalue weighted by Crippen LogP contribution is 2.29. The minimum Gasteiger partial charge on any atom is -0.488 e. The molecule has 0 fully saturated rings. The van der Waals surface area contributed by atoms with E-state index in [2.05, 4.69) is 0 Å². The first-order chi connectivity index (χ1) is 13.4. The summed E-state index contributed by atoms with van der Waals surface area (Å²) < 4.78 is 25.6. The maximum atomic E-state index is 14.0. The van der Waals surface area contributed by atoms with E-state index in [4.69, 9.17) is 19.4 Å². The number of ether oxygens (including phenoxy) is 1. The molecule has 1 aromatic heterocycles. The van der Waals surface area contributed by atoms with Crippen molar-refractivity contribution in [2.24, 2.45) is 0 Å². The molecule has 0 aliphatic rings. The van der Waals surface area contributed by atoms with Gasteiger partial charge in [-0.05, 0) is 61.2 Å². The molecule has 0 bridgehead atoms. The Morgan fingerprint density at radius 3 is 2.61 bits per heavy atom. The van der Waals surface area contributed by atoms with Crippen LogP contribution in [0.4, 0.5) is 4.39 Å². The number of halogens is 1. The molecular formula is C22H23FO5. The number of hydrogen-bond donors (Lipinski definition) is 2. The van der Waals surface area contributed by atoms with Crippen LogP contribution in [0.15, 0.2) is 34.7 Å². The predicted molar refractivity (Wildman–Crippen MR) is 103 cm³/mol. The molecule has 148 valence electrons. The summed E-state index contributed by atoms with van der Waals surface area (Å²) in [7, 11) is 0. The molecule has 28 heavy (non-hydrogen) atoms. The van der Waals surface area contributed by atoms with Crippen molar-refractivity contribution in [2.75, 3.05) is 6.61 Å². The Bertz CT molecular complexity index is 1010. The number of aliphatic hydroxyl groups is 1. The summed E-state index contributed by atoms with van der Waals surface area (Å²) in [5.41, 5.74) is 4.03. The molecule has 0 radical (unpaired) electrons. The van der Waals surface area contributed by atoms with Crippen LogP contribution >= 0.6 is 0 Å². The molecule has 6 heteroatoms. The van der Waals surface area contributed by atoms with E-state index in [0.29, 0.717) is 40.9 Å². The number of hydrogen-bond acceptors (Lipinski definition) is 4. The molecule has 0 atom stereocenters.